The number of hydrogen-bond acceptors (Lipinski definition) is 4. The molecule has 2 atom stereocenters. The van der Waals surface area contributed by atoms with Crippen molar-refractivity contribution in [2.45, 2.75) is 63.3 Å². The van der Waals surface area contributed by atoms with E-state index < -0.39 is 11.2 Å². The molecule has 2 unspecified atom stereocenters. The number of carbonyl (C=O) groups is 1. The fourth-order valence-electron chi connectivity index (χ4n) is 3.81. The van der Waals surface area contributed by atoms with E-state index >= 15 is 0 Å². The van der Waals surface area contributed by atoms with Gasteiger partial charge >= 0.3 is 6.09 Å². The molecule has 2 saturated heterocycles. The van der Waals surface area contributed by atoms with Crippen LogP contribution in [0.5, 0.6) is 0 Å². The standard InChI is InChI=1S/C19H26FNO4/c1-18(2,3)25-17(22)21-15-9-19(23,10-16(21)12-24-11-15)8-13-4-6-14(20)7-5-13/h4-7,15-16,23H,8-12H2,1-3H3. The van der Waals surface area contributed by atoms with Crippen molar-refractivity contribution in [2.75, 3.05) is 13.2 Å². The Kier molecular flexibility index (Phi) is 4.77. The highest BCUT2D eigenvalue weighted by molar-refractivity contribution is 5.69. The topological polar surface area (TPSA) is 59.0 Å². The molecule has 1 aromatic carbocycles. The van der Waals surface area contributed by atoms with Crippen LogP contribution < -0.4 is 0 Å². The number of fused-ring (bicyclic) bond motifs is 2. The third kappa shape index (κ3) is 4.30. The summed E-state index contributed by atoms with van der Waals surface area (Å²) >= 11 is 0. The summed E-state index contributed by atoms with van der Waals surface area (Å²) in [4.78, 5) is 14.3. The molecule has 0 spiro atoms. The largest absolute Gasteiger partial charge is 0.444 e. The predicted molar refractivity (Wildman–Crippen MR) is 90.8 cm³/mol. The summed E-state index contributed by atoms with van der Waals surface area (Å²) in [6.07, 6.45) is 0.914. The second-order valence-electron chi connectivity index (χ2n) is 8.17. The van der Waals surface area contributed by atoms with Gasteiger partial charge in [0.25, 0.3) is 0 Å². The van der Waals surface area contributed by atoms with Gasteiger partial charge in [0.05, 0.1) is 30.9 Å². The second kappa shape index (κ2) is 6.57. The zero-order valence-electron chi connectivity index (χ0n) is 15.0. The second-order valence-corrected chi connectivity index (χ2v) is 8.17. The fraction of sp³-hybridized carbons (Fsp3) is 0.632. The molecular weight excluding hydrogens is 325 g/mol. The van der Waals surface area contributed by atoms with E-state index in [1.807, 2.05) is 20.8 Å². The van der Waals surface area contributed by atoms with E-state index in [2.05, 4.69) is 0 Å². The molecule has 1 aromatic rings. The maximum Gasteiger partial charge on any atom is 0.410 e. The van der Waals surface area contributed by atoms with Crippen LogP contribution in [0.25, 0.3) is 0 Å². The molecule has 0 aliphatic carbocycles. The highest BCUT2D eigenvalue weighted by Gasteiger charge is 2.49. The van der Waals surface area contributed by atoms with Crippen LogP contribution in [-0.4, -0.2) is 52.6 Å². The molecule has 5 nitrogen and oxygen atoms in total. The summed E-state index contributed by atoms with van der Waals surface area (Å²) in [5, 5.41) is 11.1. The molecular formula is C19H26FNO4. The number of morpholine rings is 1. The number of rotatable bonds is 2. The predicted octanol–water partition coefficient (Wildman–Crippen LogP) is 2.90. The van der Waals surface area contributed by atoms with E-state index in [0.29, 0.717) is 32.5 Å². The molecule has 138 valence electrons. The lowest BCUT2D eigenvalue weighted by atomic mass is 9.78. The summed E-state index contributed by atoms with van der Waals surface area (Å²) in [5.41, 5.74) is -0.614. The number of hydrogen-bond donors (Lipinski definition) is 1. The van der Waals surface area contributed by atoms with E-state index in [0.717, 1.165) is 5.56 Å². The van der Waals surface area contributed by atoms with Crippen molar-refractivity contribution in [3.8, 4) is 0 Å². The van der Waals surface area contributed by atoms with E-state index in [1.54, 1.807) is 17.0 Å². The highest BCUT2D eigenvalue weighted by Crippen LogP contribution is 2.37. The number of amides is 1. The first kappa shape index (κ1) is 18.1. The van der Waals surface area contributed by atoms with Gasteiger partial charge in [-0.25, -0.2) is 9.18 Å². The van der Waals surface area contributed by atoms with E-state index in [9.17, 15) is 14.3 Å². The van der Waals surface area contributed by atoms with Crippen molar-refractivity contribution in [1.29, 1.82) is 0 Å². The Morgan fingerprint density at radius 2 is 1.84 bits per heavy atom. The number of carbonyl (C=O) groups excluding carboxylic acids is 1. The van der Waals surface area contributed by atoms with Gasteiger partial charge in [0.15, 0.2) is 0 Å². The highest BCUT2D eigenvalue weighted by atomic mass is 19.1. The van der Waals surface area contributed by atoms with Crippen molar-refractivity contribution in [3.63, 3.8) is 0 Å². The van der Waals surface area contributed by atoms with Crippen LogP contribution in [0.2, 0.25) is 0 Å². The van der Waals surface area contributed by atoms with Crippen LogP contribution >= 0.6 is 0 Å². The van der Waals surface area contributed by atoms with Gasteiger partial charge in [-0.2, -0.15) is 0 Å². The molecule has 0 aromatic heterocycles. The van der Waals surface area contributed by atoms with Gasteiger partial charge in [-0.05, 0) is 51.3 Å². The van der Waals surface area contributed by atoms with Crippen molar-refractivity contribution < 1.29 is 23.8 Å². The minimum absolute atomic E-state index is 0.215. The zero-order valence-corrected chi connectivity index (χ0v) is 15.0. The molecule has 2 aliphatic heterocycles. The van der Waals surface area contributed by atoms with Crippen molar-refractivity contribution in [1.82, 2.24) is 4.90 Å². The average Bonchev–Trinajstić information content (AvgIpc) is 2.46. The van der Waals surface area contributed by atoms with Crippen molar-refractivity contribution in [2.24, 2.45) is 0 Å². The fourth-order valence-corrected chi connectivity index (χ4v) is 3.81. The average molecular weight is 351 g/mol. The number of aliphatic hydroxyl groups is 1. The molecule has 2 bridgehead atoms. The Balaban J connectivity index is 1.74. The van der Waals surface area contributed by atoms with E-state index in [-0.39, 0.29) is 24.0 Å². The monoisotopic (exact) mass is 351 g/mol. The molecule has 0 radical (unpaired) electrons. The van der Waals surface area contributed by atoms with Crippen molar-refractivity contribution in [3.05, 3.63) is 35.6 Å². The first-order valence-corrected chi connectivity index (χ1v) is 8.71. The zero-order chi connectivity index (χ0) is 18.2. The van der Waals surface area contributed by atoms with Crippen LogP contribution in [0.15, 0.2) is 24.3 Å². The normalized spacial score (nSPS) is 29.4. The molecule has 0 saturated carbocycles. The van der Waals surface area contributed by atoms with Crippen LogP contribution in [-0.2, 0) is 15.9 Å². The lowest BCUT2D eigenvalue weighted by Crippen LogP contribution is -2.64. The summed E-state index contributed by atoms with van der Waals surface area (Å²) in [5.74, 6) is -0.291. The Hall–Kier alpha value is -1.66. The number of benzene rings is 1. The van der Waals surface area contributed by atoms with Crippen LogP contribution in [0.3, 0.4) is 0 Å². The summed E-state index contributed by atoms with van der Waals surface area (Å²) in [7, 11) is 0. The van der Waals surface area contributed by atoms with Crippen molar-refractivity contribution >= 4 is 6.09 Å². The third-order valence-corrected chi connectivity index (χ3v) is 4.69. The number of nitrogens with zero attached hydrogens (tertiary/aromatic N) is 1. The summed E-state index contributed by atoms with van der Waals surface area (Å²) in [6.45, 7) is 6.30. The lowest BCUT2D eigenvalue weighted by molar-refractivity contribution is -0.137. The molecule has 1 amide bonds. The molecule has 1 N–H and O–H groups in total. The lowest BCUT2D eigenvalue weighted by Gasteiger charge is -2.51. The minimum atomic E-state index is -0.935. The Morgan fingerprint density at radius 1 is 1.28 bits per heavy atom. The van der Waals surface area contributed by atoms with Gasteiger partial charge in [0.2, 0.25) is 0 Å². The Labute approximate surface area is 147 Å². The van der Waals surface area contributed by atoms with Gasteiger partial charge in [-0.3, -0.25) is 4.90 Å². The first-order chi connectivity index (χ1) is 11.7. The quantitative estimate of drug-likeness (QED) is 0.890. The molecule has 3 rings (SSSR count). The molecule has 25 heavy (non-hydrogen) atoms. The van der Waals surface area contributed by atoms with Gasteiger partial charge in [-0.1, -0.05) is 12.1 Å². The maximum atomic E-state index is 13.1. The Morgan fingerprint density at radius 3 is 2.36 bits per heavy atom. The summed E-state index contributed by atoms with van der Waals surface area (Å²) in [6, 6.07) is 5.76. The van der Waals surface area contributed by atoms with Gasteiger partial charge in [-0.15, -0.1) is 0 Å². The van der Waals surface area contributed by atoms with Gasteiger partial charge in [0.1, 0.15) is 11.4 Å². The van der Waals surface area contributed by atoms with Crippen LogP contribution in [0, 0.1) is 5.82 Å². The molecule has 6 heteroatoms. The summed E-state index contributed by atoms with van der Waals surface area (Å²) < 4.78 is 24.2. The molecule has 2 aliphatic rings. The SMILES string of the molecule is CC(C)(C)OC(=O)N1C2COCC1CC(O)(Cc1ccc(F)cc1)C2. The maximum absolute atomic E-state index is 13.1. The first-order valence-electron chi connectivity index (χ1n) is 8.71. The minimum Gasteiger partial charge on any atom is -0.444 e. The molecule has 2 fully saturated rings. The Bertz CT molecular complexity index is 611. The van der Waals surface area contributed by atoms with Crippen LogP contribution in [0.1, 0.15) is 39.2 Å². The number of piperidine rings is 1. The molecule has 2 heterocycles. The smallest absolute Gasteiger partial charge is 0.410 e. The number of halogens is 1. The van der Waals surface area contributed by atoms with E-state index in [4.69, 9.17) is 9.47 Å². The van der Waals surface area contributed by atoms with Gasteiger partial charge in [0, 0.05) is 6.42 Å². The number of ether oxygens (including phenoxy) is 2. The van der Waals surface area contributed by atoms with Gasteiger partial charge < -0.3 is 14.6 Å². The third-order valence-electron chi connectivity index (χ3n) is 4.69. The van der Waals surface area contributed by atoms with E-state index in [1.165, 1.54) is 12.1 Å². The van der Waals surface area contributed by atoms with Crippen LogP contribution in [0.4, 0.5) is 9.18 Å².